The highest BCUT2D eigenvalue weighted by atomic mass is 16.5. The number of nitrogens with two attached hydrogens (primary N) is 2. The van der Waals surface area contributed by atoms with Crippen LogP contribution in [0, 0.1) is 0 Å². The zero-order chi connectivity index (χ0) is 27.6. The van der Waals surface area contributed by atoms with Crippen molar-refractivity contribution in [2.75, 3.05) is 45.2 Å². The molecule has 0 unspecified atom stereocenters. The fraction of sp³-hybridized carbons (Fsp3) is 0.258. The van der Waals surface area contributed by atoms with Crippen molar-refractivity contribution in [1.29, 1.82) is 0 Å². The highest BCUT2D eigenvalue weighted by Gasteiger charge is 2.19. The van der Waals surface area contributed by atoms with Gasteiger partial charge in [-0.3, -0.25) is 9.69 Å². The first-order chi connectivity index (χ1) is 19.0. The van der Waals surface area contributed by atoms with Gasteiger partial charge < -0.3 is 31.2 Å². The Morgan fingerprint density at radius 3 is 2.38 bits per heavy atom. The Hall–Kier alpha value is -4.43. The van der Waals surface area contributed by atoms with Crippen molar-refractivity contribution in [2.24, 2.45) is 11.5 Å². The minimum atomic E-state index is -0.389. The molecule has 8 heteroatoms. The van der Waals surface area contributed by atoms with Gasteiger partial charge in [0.15, 0.2) is 0 Å². The Morgan fingerprint density at radius 2 is 1.67 bits per heavy atom. The van der Waals surface area contributed by atoms with Gasteiger partial charge in [0.25, 0.3) is 5.91 Å². The van der Waals surface area contributed by atoms with Gasteiger partial charge in [-0.15, -0.1) is 0 Å². The van der Waals surface area contributed by atoms with E-state index in [0.717, 1.165) is 44.0 Å². The molecule has 0 aliphatic carbocycles. The maximum Gasteiger partial charge on any atom is 0.271 e. The molecule has 0 atom stereocenters. The number of anilines is 1. The molecule has 1 amide bonds. The molecule has 3 aromatic rings. The van der Waals surface area contributed by atoms with Gasteiger partial charge in [0.05, 0.1) is 25.2 Å². The average Bonchev–Trinajstić information content (AvgIpc) is 2.97. The SMILES string of the molecule is CCOc1cccc(-c2ccccc2CN2CCN(/C(N)=C/C=C(\N)C(=O)Nc3ccc(OC)cc3)CC2)c1. The third kappa shape index (κ3) is 7.55. The van der Waals surface area contributed by atoms with Crippen LogP contribution in [-0.2, 0) is 11.3 Å². The second kappa shape index (κ2) is 13.4. The summed E-state index contributed by atoms with van der Waals surface area (Å²) in [5.41, 5.74) is 16.7. The van der Waals surface area contributed by atoms with Gasteiger partial charge in [-0.2, -0.15) is 0 Å². The van der Waals surface area contributed by atoms with Crippen LogP contribution in [0.25, 0.3) is 11.1 Å². The van der Waals surface area contributed by atoms with Gasteiger partial charge >= 0.3 is 0 Å². The average molecular weight is 528 g/mol. The highest BCUT2D eigenvalue weighted by molar-refractivity contribution is 6.03. The Labute approximate surface area is 230 Å². The molecule has 0 spiro atoms. The summed E-state index contributed by atoms with van der Waals surface area (Å²) < 4.78 is 10.8. The van der Waals surface area contributed by atoms with E-state index in [1.165, 1.54) is 11.1 Å². The van der Waals surface area contributed by atoms with Crippen LogP contribution in [-0.4, -0.2) is 55.6 Å². The Kier molecular flexibility index (Phi) is 9.48. The van der Waals surface area contributed by atoms with Crippen molar-refractivity contribution in [3.8, 4) is 22.6 Å². The summed E-state index contributed by atoms with van der Waals surface area (Å²) in [7, 11) is 1.59. The summed E-state index contributed by atoms with van der Waals surface area (Å²) in [6.07, 6.45) is 3.24. The molecule has 8 nitrogen and oxygen atoms in total. The van der Waals surface area contributed by atoms with Crippen molar-refractivity contribution in [1.82, 2.24) is 9.80 Å². The number of amides is 1. The van der Waals surface area contributed by atoms with Crippen molar-refractivity contribution in [3.63, 3.8) is 0 Å². The molecule has 39 heavy (non-hydrogen) atoms. The van der Waals surface area contributed by atoms with E-state index in [-0.39, 0.29) is 11.6 Å². The first kappa shape index (κ1) is 27.6. The lowest BCUT2D eigenvalue weighted by Crippen LogP contribution is -2.46. The molecule has 204 valence electrons. The minimum absolute atomic E-state index is 0.0809. The van der Waals surface area contributed by atoms with E-state index in [1.54, 1.807) is 43.5 Å². The smallest absolute Gasteiger partial charge is 0.271 e. The summed E-state index contributed by atoms with van der Waals surface area (Å²) in [5, 5.41) is 2.77. The van der Waals surface area contributed by atoms with E-state index in [2.05, 4.69) is 51.5 Å². The van der Waals surface area contributed by atoms with Crippen molar-refractivity contribution >= 4 is 11.6 Å². The molecule has 1 fully saturated rings. The van der Waals surface area contributed by atoms with Crippen LogP contribution in [0.3, 0.4) is 0 Å². The predicted octanol–water partition coefficient (Wildman–Crippen LogP) is 4.16. The van der Waals surface area contributed by atoms with Crippen molar-refractivity contribution in [3.05, 3.63) is 102 Å². The fourth-order valence-electron chi connectivity index (χ4n) is 4.50. The number of rotatable bonds is 10. The molecule has 3 aromatic carbocycles. The predicted molar refractivity (Wildman–Crippen MR) is 156 cm³/mol. The van der Waals surface area contributed by atoms with Gasteiger partial charge in [0.1, 0.15) is 11.5 Å². The number of carbonyl (C=O) groups excluding carboxylic acids is 1. The summed E-state index contributed by atoms with van der Waals surface area (Å²) >= 11 is 0. The van der Waals surface area contributed by atoms with E-state index in [4.69, 9.17) is 20.9 Å². The van der Waals surface area contributed by atoms with E-state index in [9.17, 15) is 4.79 Å². The van der Waals surface area contributed by atoms with Gasteiger partial charge in [0.2, 0.25) is 0 Å². The molecule has 1 aliphatic rings. The summed E-state index contributed by atoms with van der Waals surface area (Å²) in [4.78, 5) is 17.0. The molecule has 1 aliphatic heterocycles. The standard InChI is InChI=1S/C31H37N5O3/c1-3-39-27-9-6-8-23(21-27)28-10-5-4-7-24(28)22-35-17-19-36(20-18-35)30(33)16-15-29(32)31(37)34-25-11-13-26(38-2)14-12-25/h4-16,21H,3,17-20,22,32-33H2,1-2H3,(H,34,37)/b29-15-,30-16+. The second-order valence-electron chi connectivity index (χ2n) is 9.28. The Balaban J connectivity index is 1.32. The Morgan fingerprint density at radius 1 is 0.923 bits per heavy atom. The third-order valence-electron chi connectivity index (χ3n) is 6.65. The molecule has 0 bridgehead atoms. The number of piperazine rings is 1. The van der Waals surface area contributed by atoms with Crippen LogP contribution in [0.2, 0.25) is 0 Å². The lowest BCUT2D eigenvalue weighted by molar-refractivity contribution is -0.112. The fourth-order valence-corrected chi connectivity index (χ4v) is 4.50. The second-order valence-corrected chi connectivity index (χ2v) is 9.28. The maximum absolute atomic E-state index is 12.4. The number of nitrogens with one attached hydrogen (secondary N) is 1. The largest absolute Gasteiger partial charge is 0.497 e. The maximum atomic E-state index is 12.4. The number of allylic oxidation sites excluding steroid dienone is 2. The van der Waals surface area contributed by atoms with Crippen molar-refractivity contribution in [2.45, 2.75) is 13.5 Å². The molecule has 1 heterocycles. The van der Waals surface area contributed by atoms with E-state index < -0.39 is 0 Å². The van der Waals surface area contributed by atoms with Crippen molar-refractivity contribution < 1.29 is 14.3 Å². The Bertz CT molecular complexity index is 1310. The van der Waals surface area contributed by atoms with E-state index >= 15 is 0 Å². The third-order valence-corrected chi connectivity index (χ3v) is 6.65. The van der Waals surface area contributed by atoms with Gasteiger partial charge in [-0.25, -0.2) is 0 Å². The summed E-state index contributed by atoms with van der Waals surface area (Å²) in [5.74, 6) is 1.79. The van der Waals surface area contributed by atoms with Gasteiger partial charge in [-0.1, -0.05) is 36.4 Å². The van der Waals surface area contributed by atoms with E-state index in [0.29, 0.717) is 23.9 Å². The topological polar surface area (TPSA) is 106 Å². The minimum Gasteiger partial charge on any atom is -0.497 e. The lowest BCUT2D eigenvalue weighted by Gasteiger charge is -2.36. The van der Waals surface area contributed by atoms with E-state index in [1.807, 2.05) is 19.1 Å². The molecular formula is C31H37N5O3. The number of nitrogens with zero attached hydrogens (tertiary/aromatic N) is 2. The van der Waals surface area contributed by atoms with Crippen LogP contribution in [0.15, 0.2) is 96.5 Å². The molecule has 0 radical (unpaired) electrons. The number of hydrogen-bond donors (Lipinski definition) is 3. The lowest BCUT2D eigenvalue weighted by atomic mass is 9.99. The molecule has 0 saturated carbocycles. The molecule has 5 N–H and O–H groups in total. The number of ether oxygens (including phenoxy) is 2. The molecular weight excluding hydrogens is 490 g/mol. The normalized spacial score (nSPS) is 14.7. The summed E-state index contributed by atoms with van der Waals surface area (Å²) in [6.45, 7) is 6.82. The number of methoxy groups -OCH3 is 1. The zero-order valence-corrected chi connectivity index (χ0v) is 22.6. The number of carbonyl (C=O) groups is 1. The zero-order valence-electron chi connectivity index (χ0n) is 22.6. The van der Waals surface area contributed by atoms with Crippen LogP contribution >= 0.6 is 0 Å². The van der Waals surface area contributed by atoms with Crippen LogP contribution in [0.1, 0.15) is 12.5 Å². The van der Waals surface area contributed by atoms with Crippen LogP contribution in [0.5, 0.6) is 11.5 Å². The monoisotopic (exact) mass is 527 g/mol. The first-order valence-corrected chi connectivity index (χ1v) is 13.1. The summed E-state index contributed by atoms with van der Waals surface area (Å²) in [6, 6.07) is 23.8. The van der Waals surface area contributed by atoms with Gasteiger partial charge in [-0.05, 0) is 72.2 Å². The quantitative estimate of drug-likeness (QED) is 0.269. The molecule has 0 aromatic heterocycles. The molecule has 1 saturated heterocycles. The highest BCUT2D eigenvalue weighted by Crippen LogP contribution is 2.28. The first-order valence-electron chi connectivity index (χ1n) is 13.1. The number of benzene rings is 3. The van der Waals surface area contributed by atoms with Gasteiger partial charge in [0, 0.05) is 38.4 Å². The molecule has 4 rings (SSSR count). The van der Waals surface area contributed by atoms with Crippen LogP contribution < -0.4 is 26.3 Å². The number of hydrogen-bond acceptors (Lipinski definition) is 7. The van der Waals surface area contributed by atoms with Crippen LogP contribution in [0.4, 0.5) is 5.69 Å².